The van der Waals surface area contributed by atoms with Gasteiger partial charge in [-0.3, -0.25) is 0 Å². The van der Waals surface area contributed by atoms with Crippen molar-refractivity contribution in [3.8, 4) is 0 Å². The molecule has 2 unspecified atom stereocenters. The molecular formula is C14H29N3O. The van der Waals surface area contributed by atoms with Crippen LogP contribution in [0.5, 0.6) is 0 Å². The van der Waals surface area contributed by atoms with Gasteiger partial charge in [-0.05, 0) is 37.5 Å². The van der Waals surface area contributed by atoms with Crippen LogP contribution < -0.4 is 16.4 Å². The van der Waals surface area contributed by atoms with Crippen LogP contribution in [0.2, 0.25) is 0 Å². The fourth-order valence-electron chi connectivity index (χ4n) is 3.17. The van der Waals surface area contributed by atoms with E-state index in [9.17, 15) is 4.79 Å². The lowest BCUT2D eigenvalue weighted by atomic mass is 9.72. The van der Waals surface area contributed by atoms with Gasteiger partial charge in [0.2, 0.25) is 0 Å². The molecule has 0 aromatic heterocycles. The van der Waals surface area contributed by atoms with Gasteiger partial charge in [0.15, 0.2) is 0 Å². The van der Waals surface area contributed by atoms with Crippen LogP contribution in [0.1, 0.15) is 52.9 Å². The summed E-state index contributed by atoms with van der Waals surface area (Å²) in [7, 11) is 0. The molecule has 4 nitrogen and oxygen atoms in total. The van der Waals surface area contributed by atoms with E-state index in [1.807, 2.05) is 0 Å². The molecule has 0 aliphatic heterocycles. The highest BCUT2D eigenvalue weighted by Gasteiger charge is 2.34. The summed E-state index contributed by atoms with van der Waals surface area (Å²) >= 11 is 0. The minimum atomic E-state index is -0.223. The van der Waals surface area contributed by atoms with Gasteiger partial charge < -0.3 is 16.4 Å². The number of nitrogens with two attached hydrogens (primary N) is 1. The van der Waals surface area contributed by atoms with Crippen molar-refractivity contribution in [2.24, 2.45) is 17.6 Å². The smallest absolute Gasteiger partial charge is 0.314 e. The van der Waals surface area contributed by atoms with Crippen molar-refractivity contribution in [1.82, 2.24) is 10.6 Å². The monoisotopic (exact) mass is 255 g/mol. The number of carbonyl (C=O) groups excluding carboxylic acids is 1. The predicted molar refractivity (Wildman–Crippen MR) is 75.4 cm³/mol. The Labute approximate surface area is 111 Å². The number of nitrogens with one attached hydrogen (secondary N) is 2. The van der Waals surface area contributed by atoms with Gasteiger partial charge in [-0.1, -0.05) is 27.2 Å². The van der Waals surface area contributed by atoms with Gasteiger partial charge >= 0.3 is 6.03 Å². The average Bonchev–Trinajstić information content (AvgIpc) is 2.25. The fraction of sp³-hybridized carbons (Fsp3) is 0.929. The Bertz CT molecular complexity index is 258. The molecule has 2 atom stereocenters. The average molecular weight is 255 g/mol. The summed E-state index contributed by atoms with van der Waals surface area (Å²) in [6, 6.07) is -0.0841. The molecule has 1 aliphatic rings. The Morgan fingerprint density at radius 1 is 1.28 bits per heavy atom. The second kappa shape index (κ2) is 6.98. The highest BCUT2D eigenvalue weighted by Crippen LogP contribution is 2.33. The molecule has 0 radical (unpaired) electrons. The molecule has 106 valence electrons. The summed E-state index contributed by atoms with van der Waals surface area (Å²) in [5.41, 5.74) is 6.18. The highest BCUT2D eigenvalue weighted by molar-refractivity contribution is 5.73. The van der Waals surface area contributed by atoms with Gasteiger partial charge in [-0.2, -0.15) is 0 Å². The Balaban J connectivity index is 2.30. The molecule has 0 aromatic carbocycles. The molecule has 1 aliphatic carbocycles. The van der Waals surface area contributed by atoms with Crippen LogP contribution in [0.4, 0.5) is 4.79 Å². The number of hydrogen-bond donors (Lipinski definition) is 3. The van der Waals surface area contributed by atoms with E-state index in [1.54, 1.807) is 0 Å². The molecule has 0 saturated heterocycles. The quantitative estimate of drug-likeness (QED) is 0.660. The molecule has 18 heavy (non-hydrogen) atoms. The van der Waals surface area contributed by atoms with Crippen molar-refractivity contribution in [3.05, 3.63) is 0 Å². The van der Waals surface area contributed by atoms with Crippen molar-refractivity contribution in [2.75, 3.05) is 13.1 Å². The lowest BCUT2D eigenvalue weighted by Gasteiger charge is -2.40. The minimum absolute atomic E-state index is 0.0841. The molecule has 0 spiro atoms. The van der Waals surface area contributed by atoms with E-state index in [0.717, 1.165) is 32.2 Å². The van der Waals surface area contributed by atoms with Crippen LogP contribution in [0.25, 0.3) is 0 Å². The standard InChI is InChI=1S/C14H29N3O/c1-4-5-6-16-13(18)17-10-14(15)8-11(2)7-12(3)9-14/h11-12H,4-10,15H2,1-3H3,(H2,16,17,18). The Morgan fingerprint density at radius 3 is 2.44 bits per heavy atom. The maximum atomic E-state index is 11.6. The van der Waals surface area contributed by atoms with Gasteiger partial charge in [0, 0.05) is 18.6 Å². The first-order valence-corrected chi connectivity index (χ1v) is 7.26. The van der Waals surface area contributed by atoms with E-state index in [-0.39, 0.29) is 11.6 Å². The van der Waals surface area contributed by atoms with Gasteiger partial charge in [0.25, 0.3) is 0 Å². The molecule has 0 aromatic rings. The number of carbonyl (C=O) groups is 1. The van der Waals surface area contributed by atoms with Crippen LogP contribution in [0.15, 0.2) is 0 Å². The van der Waals surface area contributed by atoms with Gasteiger partial charge in [0.05, 0.1) is 0 Å². The zero-order valence-corrected chi connectivity index (χ0v) is 12.1. The fourth-order valence-corrected chi connectivity index (χ4v) is 3.17. The summed E-state index contributed by atoms with van der Waals surface area (Å²) in [6.07, 6.45) is 5.38. The first-order valence-electron chi connectivity index (χ1n) is 7.26. The van der Waals surface area contributed by atoms with E-state index in [2.05, 4.69) is 31.4 Å². The molecular weight excluding hydrogens is 226 g/mol. The lowest BCUT2D eigenvalue weighted by molar-refractivity contribution is 0.177. The number of hydrogen-bond acceptors (Lipinski definition) is 2. The maximum Gasteiger partial charge on any atom is 0.314 e. The van der Waals surface area contributed by atoms with Crippen molar-refractivity contribution in [1.29, 1.82) is 0 Å². The Hall–Kier alpha value is -0.770. The molecule has 4 N–H and O–H groups in total. The molecule has 0 bridgehead atoms. The van der Waals surface area contributed by atoms with E-state index < -0.39 is 0 Å². The summed E-state index contributed by atoms with van der Waals surface area (Å²) in [4.78, 5) is 11.6. The lowest BCUT2D eigenvalue weighted by Crippen LogP contribution is -2.55. The first-order chi connectivity index (χ1) is 8.45. The summed E-state index contributed by atoms with van der Waals surface area (Å²) in [5.74, 6) is 1.31. The van der Waals surface area contributed by atoms with E-state index in [4.69, 9.17) is 5.73 Å². The molecule has 1 saturated carbocycles. The third-order valence-electron chi connectivity index (χ3n) is 3.73. The van der Waals surface area contributed by atoms with Crippen LogP contribution in [0, 0.1) is 11.8 Å². The van der Waals surface area contributed by atoms with Crippen molar-refractivity contribution < 1.29 is 4.79 Å². The first kappa shape index (κ1) is 15.3. The minimum Gasteiger partial charge on any atom is -0.338 e. The zero-order valence-electron chi connectivity index (χ0n) is 12.1. The van der Waals surface area contributed by atoms with Gasteiger partial charge in [0.1, 0.15) is 0 Å². The normalized spacial score (nSPS) is 32.0. The molecule has 4 heteroatoms. The van der Waals surface area contributed by atoms with Gasteiger partial charge in [-0.25, -0.2) is 4.79 Å². The van der Waals surface area contributed by atoms with Crippen LogP contribution in [0.3, 0.4) is 0 Å². The molecule has 1 fully saturated rings. The van der Waals surface area contributed by atoms with E-state index in [1.165, 1.54) is 6.42 Å². The van der Waals surface area contributed by atoms with E-state index in [0.29, 0.717) is 18.4 Å². The molecule has 0 heterocycles. The summed E-state index contributed by atoms with van der Waals surface area (Å²) in [6.45, 7) is 7.93. The maximum absolute atomic E-state index is 11.6. The van der Waals surface area contributed by atoms with Crippen molar-refractivity contribution in [2.45, 2.75) is 58.4 Å². The number of rotatable bonds is 5. The second-order valence-electron chi connectivity index (χ2n) is 6.18. The van der Waals surface area contributed by atoms with Crippen LogP contribution >= 0.6 is 0 Å². The van der Waals surface area contributed by atoms with Crippen LogP contribution in [-0.4, -0.2) is 24.7 Å². The van der Waals surface area contributed by atoms with Crippen LogP contribution in [-0.2, 0) is 0 Å². The molecule has 1 rings (SSSR count). The number of unbranched alkanes of at least 4 members (excludes halogenated alkanes) is 1. The number of urea groups is 1. The third kappa shape index (κ3) is 5.25. The zero-order chi connectivity index (χ0) is 13.6. The van der Waals surface area contributed by atoms with E-state index >= 15 is 0 Å². The number of amides is 2. The highest BCUT2D eigenvalue weighted by atomic mass is 16.2. The van der Waals surface area contributed by atoms with Crippen molar-refractivity contribution >= 4 is 6.03 Å². The Morgan fingerprint density at radius 2 is 1.89 bits per heavy atom. The third-order valence-corrected chi connectivity index (χ3v) is 3.73. The SMILES string of the molecule is CCCCNC(=O)NCC1(N)CC(C)CC(C)C1. The molecule has 2 amide bonds. The topological polar surface area (TPSA) is 67.2 Å². The second-order valence-corrected chi connectivity index (χ2v) is 6.18. The van der Waals surface area contributed by atoms with Crippen molar-refractivity contribution in [3.63, 3.8) is 0 Å². The summed E-state index contributed by atoms with van der Waals surface area (Å²) < 4.78 is 0. The largest absolute Gasteiger partial charge is 0.338 e. The summed E-state index contributed by atoms with van der Waals surface area (Å²) in [5, 5.41) is 5.78. The Kier molecular flexibility index (Phi) is 5.93. The van der Waals surface area contributed by atoms with Gasteiger partial charge in [-0.15, -0.1) is 0 Å². The predicted octanol–water partition coefficient (Wildman–Crippen LogP) is 2.24.